The lowest BCUT2D eigenvalue weighted by Gasteiger charge is -2.20. The van der Waals surface area contributed by atoms with Crippen molar-refractivity contribution < 1.29 is 54.0 Å². The van der Waals surface area contributed by atoms with Gasteiger partial charge in [0.1, 0.15) is 12.1 Å². The van der Waals surface area contributed by atoms with Crippen LogP contribution in [0.5, 0.6) is 0 Å². The van der Waals surface area contributed by atoms with E-state index in [1.165, 1.54) is 0 Å². The molecular weight excluding hydrogens is 424 g/mol. The maximum absolute atomic E-state index is 12.2. The largest absolute Gasteiger partial charge is 0.481 e. The topological polar surface area (TPSA) is 263 Å². The molecule has 0 heterocycles. The van der Waals surface area contributed by atoms with Crippen LogP contribution >= 0.6 is 0 Å². The van der Waals surface area contributed by atoms with Crippen LogP contribution in [-0.4, -0.2) is 86.7 Å². The van der Waals surface area contributed by atoms with Crippen molar-refractivity contribution in [1.82, 2.24) is 16.0 Å². The molecule has 0 aliphatic heterocycles. The zero-order valence-electron chi connectivity index (χ0n) is 16.2. The van der Waals surface area contributed by atoms with Gasteiger partial charge in [0.25, 0.3) is 0 Å². The summed E-state index contributed by atoms with van der Waals surface area (Å²) in [6.45, 7) is -0.687. The molecule has 3 amide bonds. The zero-order chi connectivity index (χ0) is 24.1. The van der Waals surface area contributed by atoms with Gasteiger partial charge < -0.3 is 42.1 Å². The Morgan fingerprint density at radius 1 is 0.710 bits per heavy atom. The van der Waals surface area contributed by atoms with Gasteiger partial charge in [-0.1, -0.05) is 0 Å². The van der Waals surface area contributed by atoms with E-state index in [1.807, 2.05) is 5.32 Å². The van der Waals surface area contributed by atoms with Gasteiger partial charge in [0, 0.05) is 12.8 Å². The smallest absolute Gasteiger partial charge is 0.326 e. The molecule has 9 N–H and O–H groups in total. The van der Waals surface area contributed by atoms with E-state index in [4.69, 9.17) is 26.2 Å². The fourth-order valence-electron chi connectivity index (χ4n) is 2.14. The molecule has 15 heteroatoms. The minimum absolute atomic E-state index is 0.188. The van der Waals surface area contributed by atoms with E-state index in [0.29, 0.717) is 0 Å². The van der Waals surface area contributed by atoms with Gasteiger partial charge in [0.15, 0.2) is 0 Å². The first-order valence-electron chi connectivity index (χ1n) is 8.84. The monoisotopic (exact) mass is 448 g/mol. The highest BCUT2D eigenvalue weighted by Crippen LogP contribution is 2.01. The number of amides is 3. The summed E-state index contributed by atoms with van der Waals surface area (Å²) in [7, 11) is 0. The molecule has 0 aliphatic rings. The number of carbonyl (C=O) groups is 7. The molecule has 0 saturated carbocycles. The molecule has 0 aliphatic carbocycles. The van der Waals surface area contributed by atoms with Crippen molar-refractivity contribution in [2.24, 2.45) is 5.73 Å². The molecule has 0 bridgehead atoms. The second-order valence-electron chi connectivity index (χ2n) is 6.31. The first kappa shape index (κ1) is 27.2. The van der Waals surface area contributed by atoms with Gasteiger partial charge in [-0.3, -0.25) is 28.8 Å². The Morgan fingerprint density at radius 2 is 1.26 bits per heavy atom. The van der Waals surface area contributed by atoms with Gasteiger partial charge in [-0.15, -0.1) is 0 Å². The van der Waals surface area contributed by atoms with Gasteiger partial charge in [-0.2, -0.15) is 0 Å². The summed E-state index contributed by atoms with van der Waals surface area (Å²) in [4.78, 5) is 79.0. The molecule has 0 unspecified atom stereocenters. The molecule has 3 atom stereocenters. The molecule has 0 fully saturated rings. The van der Waals surface area contributed by atoms with Crippen molar-refractivity contribution in [3.63, 3.8) is 0 Å². The minimum Gasteiger partial charge on any atom is -0.481 e. The lowest BCUT2D eigenvalue weighted by molar-refractivity contribution is -0.147. The second kappa shape index (κ2) is 13.5. The Kier molecular flexibility index (Phi) is 11.8. The van der Waals surface area contributed by atoms with Crippen LogP contribution in [0.15, 0.2) is 0 Å². The Balaban J connectivity index is 4.95. The lowest BCUT2D eigenvalue weighted by Crippen LogP contribution is -2.54. The van der Waals surface area contributed by atoms with Crippen molar-refractivity contribution in [1.29, 1.82) is 0 Å². The average Bonchev–Trinajstić information content (AvgIpc) is 2.65. The van der Waals surface area contributed by atoms with E-state index < -0.39 is 85.5 Å². The van der Waals surface area contributed by atoms with E-state index in [2.05, 4.69) is 10.6 Å². The third-order valence-electron chi connectivity index (χ3n) is 3.72. The normalized spacial score (nSPS) is 13.2. The molecule has 174 valence electrons. The van der Waals surface area contributed by atoms with Gasteiger partial charge >= 0.3 is 23.9 Å². The molecular formula is C16H24N4O11. The van der Waals surface area contributed by atoms with E-state index in [0.717, 1.165) is 0 Å². The number of nitrogens with one attached hydrogen (secondary N) is 3. The Morgan fingerprint density at radius 3 is 1.74 bits per heavy atom. The molecule has 0 spiro atoms. The summed E-state index contributed by atoms with van der Waals surface area (Å²) in [6, 6.07) is -4.56. The Bertz CT molecular complexity index is 724. The molecule has 0 rings (SSSR count). The van der Waals surface area contributed by atoms with Crippen LogP contribution in [0, 0.1) is 0 Å². The maximum Gasteiger partial charge on any atom is 0.326 e. The van der Waals surface area contributed by atoms with Crippen LogP contribution in [-0.2, 0) is 33.6 Å². The predicted molar refractivity (Wildman–Crippen MR) is 98.5 cm³/mol. The van der Waals surface area contributed by atoms with E-state index in [1.54, 1.807) is 0 Å². The number of hydrogen-bond acceptors (Lipinski definition) is 8. The summed E-state index contributed by atoms with van der Waals surface area (Å²) in [6.07, 6.45) is -2.54. The van der Waals surface area contributed by atoms with Crippen LogP contribution < -0.4 is 21.7 Å². The van der Waals surface area contributed by atoms with E-state index in [-0.39, 0.29) is 12.8 Å². The fraction of sp³-hybridized carbons (Fsp3) is 0.562. The van der Waals surface area contributed by atoms with Gasteiger partial charge in [0.05, 0.1) is 19.0 Å². The predicted octanol–water partition coefficient (Wildman–Crippen LogP) is -3.31. The Labute approximate surface area is 175 Å². The molecule has 15 nitrogen and oxygen atoms in total. The summed E-state index contributed by atoms with van der Waals surface area (Å²) < 4.78 is 0. The van der Waals surface area contributed by atoms with Crippen LogP contribution in [0.3, 0.4) is 0 Å². The number of carboxylic acid groups (broad SMARTS) is 4. The molecule has 0 aromatic heterocycles. The molecule has 31 heavy (non-hydrogen) atoms. The number of carboxylic acids is 4. The number of aliphatic carboxylic acids is 4. The highest BCUT2D eigenvalue weighted by Gasteiger charge is 2.28. The summed E-state index contributed by atoms with van der Waals surface area (Å²) >= 11 is 0. The van der Waals surface area contributed by atoms with Crippen molar-refractivity contribution in [2.75, 3.05) is 6.54 Å². The van der Waals surface area contributed by atoms with Gasteiger partial charge in [0.2, 0.25) is 17.7 Å². The van der Waals surface area contributed by atoms with E-state index >= 15 is 0 Å². The highest BCUT2D eigenvalue weighted by atomic mass is 16.4. The standard InChI is InChI=1S/C16H24N4O11/c17-7(1-3-11(22)23)14(28)18-6-10(21)19-8(2-4-12(24)25)15(29)20-9(16(30)31)5-13(26)27/h7-9H,1-6,17H2,(H,18,28)(H,19,21)(H,20,29)(H,22,23)(H,24,25)(H,26,27)(H,30,31)/t7-,8-,9-/m0/s1. The van der Waals surface area contributed by atoms with E-state index in [9.17, 15) is 33.6 Å². The summed E-state index contributed by atoms with van der Waals surface area (Å²) in [5, 5.41) is 41.1. The quantitative estimate of drug-likeness (QED) is 0.122. The van der Waals surface area contributed by atoms with Crippen molar-refractivity contribution in [3.8, 4) is 0 Å². The lowest BCUT2D eigenvalue weighted by atomic mass is 10.1. The van der Waals surface area contributed by atoms with Crippen LogP contribution in [0.1, 0.15) is 32.1 Å². The number of nitrogens with two attached hydrogens (primary N) is 1. The Hall–Kier alpha value is -3.75. The molecule has 0 aromatic carbocycles. The molecule has 0 radical (unpaired) electrons. The van der Waals surface area contributed by atoms with Crippen molar-refractivity contribution >= 4 is 41.6 Å². The second-order valence-corrected chi connectivity index (χ2v) is 6.31. The van der Waals surface area contributed by atoms with Crippen molar-refractivity contribution in [2.45, 2.75) is 50.2 Å². The van der Waals surface area contributed by atoms with Crippen LogP contribution in [0.4, 0.5) is 0 Å². The number of carbonyl (C=O) groups excluding carboxylic acids is 3. The molecule has 0 saturated heterocycles. The van der Waals surface area contributed by atoms with Crippen molar-refractivity contribution in [3.05, 3.63) is 0 Å². The first-order chi connectivity index (χ1) is 14.3. The van der Waals surface area contributed by atoms with Crippen LogP contribution in [0.2, 0.25) is 0 Å². The zero-order valence-corrected chi connectivity index (χ0v) is 16.2. The summed E-state index contributed by atoms with van der Waals surface area (Å²) in [5.74, 6) is -8.57. The highest BCUT2D eigenvalue weighted by molar-refractivity contribution is 5.93. The SMILES string of the molecule is N[C@@H](CCC(=O)O)C(=O)NCC(=O)N[C@@H](CCC(=O)O)C(=O)N[C@@H](CC(=O)O)C(=O)O. The van der Waals surface area contributed by atoms with Crippen LogP contribution in [0.25, 0.3) is 0 Å². The summed E-state index contributed by atoms with van der Waals surface area (Å²) in [5.41, 5.74) is 5.47. The van der Waals surface area contributed by atoms with Gasteiger partial charge in [-0.25, -0.2) is 4.79 Å². The first-order valence-corrected chi connectivity index (χ1v) is 8.84. The number of rotatable bonds is 15. The average molecular weight is 448 g/mol. The third kappa shape index (κ3) is 12.4. The number of hydrogen-bond donors (Lipinski definition) is 8. The van der Waals surface area contributed by atoms with Gasteiger partial charge in [-0.05, 0) is 12.8 Å². The minimum atomic E-state index is -1.82. The third-order valence-corrected chi connectivity index (χ3v) is 3.72. The molecule has 0 aromatic rings. The fourth-order valence-corrected chi connectivity index (χ4v) is 2.14. The maximum atomic E-state index is 12.2.